The fourth-order valence-electron chi connectivity index (χ4n) is 2.61. The van der Waals surface area contributed by atoms with Crippen molar-refractivity contribution in [1.82, 2.24) is 9.55 Å². The topological polar surface area (TPSA) is 55.1 Å². The van der Waals surface area contributed by atoms with Crippen LogP contribution in [0.3, 0.4) is 0 Å². The number of para-hydroxylation sites is 1. The van der Waals surface area contributed by atoms with Gasteiger partial charge in [0.15, 0.2) is 0 Å². The molecule has 0 aliphatic carbocycles. The number of nitrogens with zero attached hydrogens (tertiary/aromatic N) is 2. The molecule has 0 atom stereocenters. The number of hydrogen-bond donors (Lipinski definition) is 1. The Morgan fingerprint density at radius 2 is 2.05 bits per heavy atom. The molecule has 0 spiro atoms. The normalized spacial score (nSPS) is 11.0. The lowest BCUT2D eigenvalue weighted by molar-refractivity contribution is 0.0686. The van der Waals surface area contributed by atoms with E-state index in [1.54, 1.807) is 12.3 Å². The zero-order valence-corrected chi connectivity index (χ0v) is 12.0. The van der Waals surface area contributed by atoms with Gasteiger partial charge in [-0.1, -0.05) is 24.3 Å². The summed E-state index contributed by atoms with van der Waals surface area (Å²) in [6.07, 6.45) is 1.80. The van der Waals surface area contributed by atoms with Gasteiger partial charge in [-0.15, -0.1) is 0 Å². The number of rotatable bonds is 3. The largest absolute Gasteiger partial charge is 0.477 e. The van der Waals surface area contributed by atoms with Crippen molar-refractivity contribution in [3.63, 3.8) is 0 Å². The highest BCUT2D eigenvalue weighted by atomic mass is 16.4. The van der Waals surface area contributed by atoms with E-state index >= 15 is 0 Å². The van der Waals surface area contributed by atoms with Crippen LogP contribution >= 0.6 is 0 Å². The highest BCUT2D eigenvalue weighted by Crippen LogP contribution is 2.24. The van der Waals surface area contributed by atoms with Crippen LogP contribution in [0.1, 0.15) is 27.3 Å². The third-order valence-corrected chi connectivity index (χ3v) is 3.63. The zero-order chi connectivity index (χ0) is 15.0. The summed E-state index contributed by atoms with van der Waals surface area (Å²) < 4.78 is 1.82. The molecule has 0 radical (unpaired) electrons. The minimum atomic E-state index is -0.919. The number of carboxylic acid groups (broad SMARTS) is 1. The Morgan fingerprint density at radius 3 is 2.71 bits per heavy atom. The number of fused-ring (bicyclic) bond motifs is 1. The lowest BCUT2D eigenvalue weighted by atomic mass is 10.1. The molecule has 0 bridgehead atoms. The summed E-state index contributed by atoms with van der Waals surface area (Å²) in [6, 6.07) is 11.5. The third kappa shape index (κ3) is 2.40. The van der Waals surface area contributed by atoms with Crippen molar-refractivity contribution in [3.8, 4) is 0 Å². The van der Waals surface area contributed by atoms with Crippen molar-refractivity contribution in [2.24, 2.45) is 0 Å². The van der Waals surface area contributed by atoms with E-state index in [0.29, 0.717) is 12.2 Å². The number of carbonyl (C=O) groups is 1. The van der Waals surface area contributed by atoms with Gasteiger partial charge < -0.3 is 9.67 Å². The highest BCUT2D eigenvalue weighted by Gasteiger charge is 2.16. The molecule has 2 heterocycles. The molecule has 0 saturated carbocycles. The van der Waals surface area contributed by atoms with E-state index in [2.05, 4.69) is 4.98 Å². The fourth-order valence-corrected chi connectivity index (χ4v) is 2.61. The highest BCUT2D eigenvalue weighted by molar-refractivity contribution is 5.95. The maximum Gasteiger partial charge on any atom is 0.352 e. The SMILES string of the molecule is Cc1ccc(Cn2c(C(=O)O)cc3cccc(C)c32)nc1. The van der Waals surface area contributed by atoms with Crippen molar-refractivity contribution in [2.75, 3.05) is 0 Å². The van der Waals surface area contributed by atoms with Crippen LogP contribution < -0.4 is 0 Å². The Kier molecular flexibility index (Phi) is 3.22. The molecule has 1 aromatic carbocycles. The molecular weight excluding hydrogens is 264 g/mol. The summed E-state index contributed by atoms with van der Waals surface area (Å²) in [5.74, 6) is -0.919. The number of aryl methyl sites for hydroxylation is 2. The second-order valence-corrected chi connectivity index (χ2v) is 5.26. The fraction of sp³-hybridized carbons (Fsp3) is 0.176. The average Bonchev–Trinajstić information content (AvgIpc) is 2.82. The van der Waals surface area contributed by atoms with E-state index in [1.807, 2.05) is 48.7 Å². The molecule has 2 aromatic heterocycles. The molecule has 3 rings (SSSR count). The first kappa shape index (κ1) is 13.4. The molecule has 21 heavy (non-hydrogen) atoms. The molecule has 0 amide bonds. The number of aromatic nitrogens is 2. The molecule has 0 unspecified atom stereocenters. The average molecular weight is 280 g/mol. The third-order valence-electron chi connectivity index (χ3n) is 3.63. The molecule has 3 aromatic rings. The minimum Gasteiger partial charge on any atom is -0.477 e. The van der Waals surface area contributed by atoms with Crippen molar-refractivity contribution >= 4 is 16.9 Å². The van der Waals surface area contributed by atoms with Gasteiger partial charge in [0, 0.05) is 11.6 Å². The van der Waals surface area contributed by atoms with E-state index < -0.39 is 5.97 Å². The van der Waals surface area contributed by atoms with Crippen LogP contribution in [-0.2, 0) is 6.54 Å². The summed E-state index contributed by atoms with van der Waals surface area (Å²) in [7, 11) is 0. The van der Waals surface area contributed by atoms with Crippen LogP contribution in [0.5, 0.6) is 0 Å². The summed E-state index contributed by atoms with van der Waals surface area (Å²) >= 11 is 0. The first-order valence-corrected chi connectivity index (χ1v) is 6.80. The van der Waals surface area contributed by atoms with Crippen LogP contribution in [0.4, 0.5) is 0 Å². The van der Waals surface area contributed by atoms with Gasteiger partial charge in [0.1, 0.15) is 5.69 Å². The Bertz CT molecular complexity index is 817. The first-order chi connectivity index (χ1) is 10.1. The van der Waals surface area contributed by atoms with E-state index in [1.165, 1.54) is 0 Å². The zero-order valence-electron chi connectivity index (χ0n) is 12.0. The van der Waals surface area contributed by atoms with Gasteiger partial charge in [-0.2, -0.15) is 0 Å². The minimum absolute atomic E-state index is 0.293. The molecule has 4 heteroatoms. The Balaban J connectivity index is 2.17. The Hall–Kier alpha value is -2.62. The molecule has 106 valence electrons. The molecule has 1 N–H and O–H groups in total. The van der Waals surface area contributed by atoms with Gasteiger partial charge >= 0.3 is 5.97 Å². The van der Waals surface area contributed by atoms with Crippen LogP contribution in [0.15, 0.2) is 42.6 Å². The quantitative estimate of drug-likeness (QED) is 0.800. The van der Waals surface area contributed by atoms with Gasteiger partial charge in [-0.3, -0.25) is 4.98 Å². The second-order valence-electron chi connectivity index (χ2n) is 5.26. The number of hydrogen-bond acceptors (Lipinski definition) is 2. The first-order valence-electron chi connectivity index (χ1n) is 6.80. The summed E-state index contributed by atoms with van der Waals surface area (Å²) in [5, 5.41) is 10.4. The number of pyridine rings is 1. The monoisotopic (exact) mass is 280 g/mol. The van der Waals surface area contributed by atoms with E-state index in [-0.39, 0.29) is 0 Å². The van der Waals surface area contributed by atoms with E-state index in [9.17, 15) is 9.90 Å². The summed E-state index contributed by atoms with van der Waals surface area (Å²) in [5.41, 5.74) is 4.25. The molecular formula is C17H16N2O2. The van der Waals surface area contributed by atoms with Crippen molar-refractivity contribution in [1.29, 1.82) is 0 Å². The second kappa shape index (κ2) is 5.05. The van der Waals surface area contributed by atoms with Crippen LogP contribution in [0.2, 0.25) is 0 Å². The van der Waals surface area contributed by atoms with Gasteiger partial charge in [0.2, 0.25) is 0 Å². The molecule has 4 nitrogen and oxygen atoms in total. The van der Waals surface area contributed by atoms with Gasteiger partial charge in [-0.25, -0.2) is 4.79 Å². The lowest BCUT2D eigenvalue weighted by Gasteiger charge is -2.10. The summed E-state index contributed by atoms with van der Waals surface area (Å²) in [6.45, 7) is 4.43. The number of aromatic carboxylic acids is 1. The number of carboxylic acids is 1. The predicted molar refractivity (Wildman–Crippen MR) is 81.7 cm³/mol. The standard InChI is InChI=1S/C17H16N2O2/c1-11-6-7-14(18-9-11)10-19-15(17(20)21)8-13-5-3-4-12(2)16(13)19/h3-9H,10H2,1-2H3,(H,20,21). The van der Waals surface area contributed by atoms with Crippen molar-refractivity contribution in [3.05, 3.63) is 65.1 Å². The molecule has 0 fully saturated rings. The molecule has 0 aliphatic rings. The van der Waals surface area contributed by atoms with E-state index in [4.69, 9.17) is 0 Å². The molecule has 0 aliphatic heterocycles. The number of benzene rings is 1. The summed E-state index contributed by atoms with van der Waals surface area (Å²) in [4.78, 5) is 15.9. The smallest absolute Gasteiger partial charge is 0.352 e. The Labute approximate surface area is 122 Å². The van der Waals surface area contributed by atoms with Gasteiger partial charge in [0.05, 0.1) is 17.8 Å². The van der Waals surface area contributed by atoms with Crippen molar-refractivity contribution in [2.45, 2.75) is 20.4 Å². The van der Waals surface area contributed by atoms with E-state index in [0.717, 1.165) is 27.7 Å². The lowest BCUT2D eigenvalue weighted by Crippen LogP contribution is -2.10. The van der Waals surface area contributed by atoms with Crippen LogP contribution in [0, 0.1) is 13.8 Å². The Morgan fingerprint density at radius 1 is 1.24 bits per heavy atom. The van der Waals surface area contributed by atoms with Crippen LogP contribution in [0.25, 0.3) is 10.9 Å². The van der Waals surface area contributed by atoms with Crippen LogP contribution in [-0.4, -0.2) is 20.6 Å². The maximum absolute atomic E-state index is 11.5. The molecule has 0 saturated heterocycles. The van der Waals surface area contributed by atoms with Crippen molar-refractivity contribution < 1.29 is 9.90 Å². The van der Waals surface area contributed by atoms with Gasteiger partial charge in [0.25, 0.3) is 0 Å². The maximum atomic E-state index is 11.5. The van der Waals surface area contributed by atoms with Gasteiger partial charge in [-0.05, 0) is 37.1 Å². The predicted octanol–water partition coefficient (Wildman–Crippen LogP) is 3.40.